The average molecular weight is 303 g/mol. The van der Waals surface area contributed by atoms with E-state index < -0.39 is 27.2 Å². The minimum absolute atomic E-state index is 0.0447. The normalized spacial score (nSPS) is 11.5. The molecule has 0 spiro atoms. The first-order chi connectivity index (χ1) is 8.88. The molecule has 0 fully saturated rings. The summed E-state index contributed by atoms with van der Waals surface area (Å²) in [6.07, 6.45) is 0. The average Bonchev–Trinajstić information content (AvgIpc) is 2.33. The van der Waals surface area contributed by atoms with E-state index >= 15 is 0 Å². The summed E-state index contributed by atoms with van der Waals surface area (Å²) in [5.41, 5.74) is -0.0447. The number of hydrogen-bond donors (Lipinski definition) is 0. The van der Waals surface area contributed by atoms with Gasteiger partial charge < -0.3 is 0 Å². The Morgan fingerprint density at radius 2 is 1.79 bits per heavy atom. The van der Waals surface area contributed by atoms with Gasteiger partial charge in [-0.3, -0.25) is 0 Å². The van der Waals surface area contributed by atoms with Gasteiger partial charge in [-0.05, 0) is 36.4 Å². The van der Waals surface area contributed by atoms with E-state index in [-0.39, 0.29) is 15.5 Å². The molecule has 100 valence electrons. The van der Waals surface area contributed by atoms with Crippen LogP contribution >= 0.6 is 11.6 Å². The Kier molecular flexibility index (Phi) is 3.87. The molecule has 2 aromatic rings. The Bertz CT molecular complexity index is 714. The molecule has 0 heterocycles. The van der Waals surface area contributed by atoms with Crippen LogP contribution in [0.25, 0.3) is 0 Å². The fourth-order valence-electron chi connectivity index (χ4n) is 1.60. The summed E-state index contributed by atoms with van der Waals surface area (Å²) >= 11 is 5.70. The third kappa shape index (κ3) is 3.30. The van der Waals surface area contributed by atoms with Crippen molar-refractivity contribution in [3.05, 3.63) is 64.7 Å². The fraction of sp³-hybridized carbons (Fsp3) is 0.0769. The number of halogens is 3. The molecule has 0 aliphatic carbocycles. The molecular formula is C13H9ClF2O2S. The number of hydrogen-bond acceptors (Lipinski definition) is 2. The van der Waals surface area contributed by atoms with Crippen molar-refractivity contribution in [2.24, 2.45) is 0 Å². The lowest BCUT2D eigenvalue weighted by atomic mass is 10.2. The van der Waals surface area contributed by atoms with Crippen LogP contribution < -0.4 is 0 Å². The largest absolute Gasteiger partial charge is 0.223 e. The zero-order valence-electron chi connectivity index (χ0n) is 9.61. The maximum atomic E-state index is 13.5. The molecule has 0 bridgehead atoms. The van der Waals surface area contributed by atoms with Crippen LogP contribution in [0.4, 0.5) is 8.78 Å². The van der Waals surface area contributed by atoms with Gasteiger partial charge >= 0.3 is 0 Å². The maximum absolute atomic E-state index is 13.5. The van der Waals surface area contributed by atoms with Gasteiger partial charge in [-0.15, -0.1) is 0 Å². The van der Waals surface area contributed by atoms with Crippen LogP contribution in [-0.4, -0.2) is 8.42 Å². The van der Waals surface area contributed by atoms with Crippen molar-refractivity contribution in [1.29, 1.82) is 0 Å². The lowest BCUT2D eigenvalue weighted by Crippen LogP contribution is -2.06. The number of benzene rings is 2. The van der Waals surface area contributed by atoms with Crippen LogP contribution in [0.3, 0.4) is 0 Å². The molecule has 0 aliphatic heterocycles. The van der Waals surface area contributed by atoms with Gasteiger partial charge in [0.2, 0.25) is 0 Å². The van der Waals surface area contributed by atoms with E-state index in [1.807, 2.05) is 0 Å². The lowest BCUT2D eigenvalue weighted by molar-refractivity contribution is 0.583. The van der Waals surface area contributed by atoms with E-state index in [9.17, 15) is 17.2 Å². The molecule has 2 nitrogen and oxygen atoms in total. The Labute approximate surface area is 114 Å². The summed E-state index contributed by atoms with van der Waals surface area (Å²) < 4.78 is 50.6. The highest BCUT2D eigenvalue weighted by Crippen LogP contribution is 2.21. The molecule has 0 atom stereocenters. The van der Waals surface area contributed by atoms with E-state index in [1.165, 1.54) is 24.3 Å². The Morgan fingerprint density at radius 3 is 2.47 bits per heavy atom. The number of sulfone groups is 1. The van der Waals surface area contributed by atoms with Crippen LogP contribution in [0.15, 0.2) is 47.4 Å². The summed E-state index contributed by atoms with van der Waals surface area (Å²) in [6.45, 7) is 0. The van der Waals surface area contributed by atoms with Crippen molar-refractivity contribution in [1.82, 2.24) is 0 Å². The van der Waals surface area contributed by atoms with E-state index in [0.717, 1.165) is 18.2 Å². The minimum Gasteiger partial charge on any atom is -0.223 e. The van der Waals surface area contributed by atoms with E-state index in [2.05, 4.69) is 0 Å². The smallest absolute Gasteiger partial charge is 0.182 e. The molecule has 0 amide bonds. The fourth-order valence-corrected chi connectivity index (χ4v) is 3.17. The zero-order valence-corrected chi connectivity index (χ0v) is 11.2. The summed E-state index contributed by atoms with van der Waals surface area (Å²) in [5, 5.41) is 0.242. The van der Waals surface area contributed by atoms with Gasteiger partial charge in [-0.25, -0.2) is 17.2 Å². The zero-order chi connectivity index (χ0) is 14.0. The highest BCUT2D eigenvalue weighted by molar-refractivity contribution is 7.90. The van der Waals surface area contributed by atoms with Crippen molar-refractivity contribution in [3.63, 3.8) is 0 Å². The second-order valence-corrected chi connectivity index (χ2v) is 6.38. The highest BCUT2D eigenvalue weighted by atomic mass is 35.5. The predicted octanol–water partition coefficient (Wildman–Crippen LogP) is 3.59. The summed E-state index contributed by atoms with van der Waals surface area (Å²) in [7, 11) is -3.81. The predicted molar refractivity (Wildman–Crippen MR) is 68.7 cm³/mol. The molecule has 0 unspecified atom stereocenters. The highest BCUT2D eigenvalue weighted by Gasteiger charge is 2.18. The van der Waals surface area contributed by atoms with E-state index in [1.54, 1.807) is 0 Å². The van der Waals surface area contributed by atoms with Gasteiger partial charge in [0.15, 0.2) is 9.84 Å². The molecule has 0 aliphatic rings. The van der Waals surface area contributed by atoms with Crippen molar-refractivity contribution in [2.45, 2.75) is 10.6 Å². The molecule has 0 saturated carbocycles. The minimum atomic E-state index is -3.81. The molecule has 0 saturated heterocycles. The maximum Gasteiger partial charge on any atom is 0.182 e. The van der Waals surface area contributed by atoms with Crippen molar-refractivity contribution < 1.29 is 17.2 Å². The summed E-state index contributed by atoms with van der Waals surface area (Å²) in [6, 6.07) is 8.26. The number of rotatable bonds is 3. The molecule has 6 heteroatoms. The van der Waals surface area contributed by atoms with Gasteiger partial charge in [0.05, 0.1) is 10.6 Å². The quantitative estimate of drug-likeness (QED) is 0.868. The van der Waals surface area contributed by atoms with Crippen LogP contribution in [0.1, 0.15) is 5.56 Å². The van der Waals surface area contributed by atoms with Gasteiger partial charge in [0.25, 0.3) is 0 Å². The Balaban J connectivity index is 2.39. The SMILES string of the molecule is O=S(=O)(Cc1cc(Cl)ccc1F)c1cccc(F)c1. The van der Waals surface area contributed by atoms with Crippen molar-refractivity contribution >= 4 is 21.4 Å². The third-order valence-corrected chi connectivity index (χ3v) is 4.41. The van der Waals surface area contributed by atoms with Crippen LogP contribution in [-0.2, 0) is 15.6 Å². The second kappa shape index (κ2) is 5.27. The monoisotopic (exact) mass is 302 g/mol. The van der Waals surface area contributed by atoms with Crippen molar-refractivity contribution in [2.75, 3.05) is 0 Å². The lowest BCUT2D eigenvalue weighted by Gasteiger charge is -2.06. The molecule has 0 radical (unpaired) electrons. The van der Waals surface area contributed by atoms with Crippen LogP contribution in [0, 0.1) is 11.6 Å². The van der Waals surface area contributed by atoms with Crippen LogP contribution in [0.5, 0.6) is 0 Å². The summed E-state index contributed by atoms with van der Waals surface area (Å²) in [4.78, 5) is -0.188. The van der Waals surface area contributed by atoms with Gasteiger partial charge in [-0.1, -0.05) is 17.7 Å². The molecule has 2 rings (SSSR count). The summed E-state index contributed by atoms with van der Waals surface area (Å²) in [5.74, 6) is -1.89. The Morgan fingerprint density at radius 1 is 1.05 bits per heavy atom. The van der Waals surface area contributed by atoms with E-state index in [0.29, 0.717) is 0 Å². The molecule has 0 N–H and O–H groups in total. The van der Waals surface area contributed by atoms with Gasteiger partial charge in [-0.2, -0.15) is 0 Å². The van der Waals surface area contributed by atoms with Crippen LogP contribution in [0.2, 0.25) is 5.02 Å². The molecular weight excluding hydrogens is 294 g/mol. The first-order valence-electron chi connectivity index (χ1n) is 5.31. The second-order valence-electron chi connectivity index (χ2n) is 3.95. The molecule has 0 aromatic heterocycles. The third-order valence-electron chi connectivity index (χ3n) is 2.51. The van der Waals surface area contributed by atoms with E-state index in [4.69, 9.17) is 11.6 Å². The topological polar surface area (TPSA) is 34.1 Å². The van der Waals surface area contributed by atoms with Gasteiger partial charge in [0.1, 0.15) is 11.6 Å². The van der Waals surface area contributed by atoms with Gasteiger partial charge in [0, 0.05) is 10.6 Å². The van der Waals surface area contributed by atoms with Crippen molar-refractivity contribution in [3.8, 4) is 0 Å². The molecule has 19 heavy (non-hydrogen) atoms. The molecule has 2 aromatic carbocycles. The Hall–Kier alpha value is -1.46. The first-order valence-corrected chi connectivity index (χ1v) is 7.34. The first kappa shape index (κ1) is 14.0. The standard InChI is InChI=1S/C13H9ClF2O2S/c14-10-4-5-13(16)9(6-10)8-19(17,18)12-3-1-2-11(15)7-12/h1-7H,8H2.